The van der Waals surface area contributed by atoms with E-state index in [1.807, 2.05) is 24.3 Å². The monoisotopic (exact) mass is 236 g/mol. The molecule has 4 heteroatoms. The van der Waals surface area contributed by atoms with Crippen LogP contribution in [-0.4, -0.2) is 18.6 Å². The summed E-state index contributed by atoms with van der Waals surface area (Å²) in [4.78, 5) is 10.8. The third-order valence-electron chi connectivity index (χ3n) is 2.44. The molecule has 1 rings (SSSR count). The molecule has 0 radical (unpaired) electrons. The van der Waals surface area contributed by atoms with Gasteiger partial charge < -0.3 is 15.8 Å². The van der Waals surface area contributed by atoms with Crippen LogP contribution in [0.15, 0.2) is 24.3 Å². The van der Waals surface area contributed by atoms with Crippen molar-refractivity contribution in [2.24, 2.45) is 5.73 Å². The minimum atomic E-state index is -0.340. The molecule has 0 aliphatic heterocycles. The molecule has 0 aromatic heterocycles. The molecule has 1 aromatic carbocycles. The number of hydrogen-bond donors (Lipinski definition) is 2. The van der Waals surface area contributed by atoms with E-state index in [0.717, 1.165) is 24.3 Å². The van der Waals surface area contributed by atoms with Crippen molar-refractivity contribution in [3.8, 4) is 5.75 Å². The highest BCUT2D eigenvalue weighted by atomic mass is 16.5. The van der Waals surface area contributed by atoms with Crippen LogP contribution < -0.4 is 15.8 Å². The van der Waals surface area contributed by atoms with Gasteiger partial charge in [-0.3, -0.25) is 4.79 Å². The second kappa shape index (κ2) is 6.91. The van der Waals surface area contributed by atoms with Crippen molar-refractivity contribution in [1.29, 1.82) is 0 Å². The van der Waals surface area contributed by atoms with Crippen LogP contribution in [0.2, 0.25) is 0 Å². The average Bonchev–Trinajstić information content (AvgIpc) is 2.34. The molecule has 0 bridgehead atoms. The Balaban J connectivity index is 2.42. The van der Waals surface area contributed by atoms with E-state index in [1.165, 1.54) is 0 Å². The normalized spacial score (nSPS) is 12.1. The molecule has 94 valence electrons. The molecular weight excluding hydrogens is 216 g/mol. The van der Waals surface area contributed by atoms with Crippen LogP contribution in [0.25, 0.3) is 0 Å². The number of nitrogens with two attached hydrogens (primary N) is 1. The van der Waals surface area contributed by atoms with Gasteiger partial charge >= 0.3 is 0 Å². The van der Waals surface area contributed by atoms with E-state index in [2.05, 4.69) is 12.2 Å². The molecule has 1 atom stereocenters. The van der Waals surface area contributed by atoms with Gasteiger partial charge in [-0.1, -0.05) is 19.1 Å². The molecule has 0 spiro atoms. The van der Waals surface area contributed by atoms with Crippen LogP contribution in [-0.2, 0) is 11.3 Å². The number of ether oxygens (including phenoxy) is 1. The zero-order chi connectivity index (χ0) is 12.7. The number of carbonyl (C=O) groups is 1. The summed E-state index contributed by atoms with van der Waals surface area (Å²) >= 11 is 0. The van der Waals surface area contributed by atoms with E-state index >= 15 is 0 Å². The van der Waals surface area contributed by atoms with Crippen molar-refractivity contribution in [1.82, 2.24) is 5.32 Å². The van der Waals surface area contributed by atoms with Crippen molar-refractivity contribution >= 4 is 5.91 Å². The Hall–Kier alpha value is -1.55. The maximum atomic E-state index is 10.8. The third-order valence-corrected chi connectivity index (χ3v) is 2.44. The zero-order valence-electron chi connectivity index (χ0n) is 10.4. The number of amides is 1. The van der Waals surface area contributed by atoms with Gasteiger partial charge in [0.15, 0.2) is 0 Å². The van der Waals surface area contributed by atoms with Crippen LogP contribution in [0, 0.1) is 0 Å². The van der Waals surface area contributed by atoms with E-state index in [1.54, 1.807) is 6.92 Å². The summed E-state index contributed by atoms with van der Waals surface area (Å²) in [6, 6.07) is 7.51. The van der Waals surface area contributed by atoms with Gasteiger partial charge in [0.05, 0.1) is 12.6 Å². The maximum Gasteiger partial charge on any atom is 0.234 e. The quantitative estimate of drug-likeness (QED) is 0.753. The maximum absolute atomic E-state index is 10.8. The summed E-state index contributed by atoms with van der Waals surface area (Å²) in [5.74, 6) is 0.534. The first-order valence-electron chi connectivity index (χ1n) is 5.88. The molecule has 1 aromatic rings. The second-order valence-corrected chi connectivity index (χ2v) is 4.00. The Morgan fingerprint density at radius 2 is 2.06 bits per heavy atom. The van der Waals surface area contributed by atoms with Gasteiger partial charge in [0.25, 0.3) is 0 Å². The molecule has 3 N–H and O–H groups in total. The summed E-state index contributed by atoms with van der Waals surface area (Å²) in [5, 5.41) is 3.05. The number of carbonyl (C=O) groups excluding carboxylic acids is 1. The standard InChI is InChI=1S/C13H20N2O2/c1-3-8-17-12-6-4-11(5-7-12)9-15-10(2)13(14)16/h4-7,10,15H,3,8-9H2,1-2H3,(H2,14,16). The van der Waals surface area contributed by atoms with Crippen LogP contribution in [0.1, 0.15) is 25.8 Å². The Labute approximate surface area is 102 Å². The minimum Gasteiger partial charge on any atom is -0.494 e. The molecular formula is C13H20N2O2. The first-order chi connectivity index (χ1) is 8.13. The predicted molar refractivity (Wildman–Crippen MR) is 67.7 cm³/mol. The van der Waals surface area contributed by atoms with Crippen molar-refractivity contribution in [2.45, 2.75) is 32.9 Å². The van der Waals surface area contributed by atoms with Crippen molar-refractivity contribution in [2.75, 3.05) is 6.61 Å². The fraction of sp³-hybridized carbons (Fsp3) is 0.462. The molecule has 17 heavy (non-hydrogen) atoms. The molecule has 0 saturated heterocycles. The number of benzene rings is 1. The second-order valence-electron chi connectivity index (χ2n) is 4.00. The van der Waals surface area contributed by atoms with Crippen LogP contribution in [0.5, 0.6) is 5.75 Å². The van der Waals surface area contributed by atoms with E-state index in [0.29, 0.717) is 6.54 Å². The van der Waals surface area contributed by atoms with Gasteiger partial charge in [0, 0.05) is 6.54 Å². The average molecular weight is 236 g/mol. The summed E-state index contributed by atoms with van der Waals surface area (Å²) in [7, 11) is 0. The fourth-order valence-corrected chi connectivity index (χ4v) is 1.29. The third kappa shape index (κ3) is 4.87. The molecule has 0 aliphatic carbocycles. The number of nitrogens with one attached hydrogen (secondary N) is 1. The summed E-state index contributed by atoms with van der Waals surface area (Å²) in [5.41, 5.74) is 6.26. The van der Waals surface area contributed by atoms with Crippen molar-refractivity contribution < 1.29 is 9.53 Å². The highest BCUT2D eigenvalue weighted by Gasteiger charge is 2.06. The number of primary amides is 1. The highest BCUT2D eigenvalue weighted by Crippen LogP contribution is 2.12. The molecule has 0 aliphatic rings. The Kier molecular flexibility index (Phi) is 5.49. The van der Waals surface area contributed by atoms with Gasteiger partial charge in [-0.15, -0.1) is 0 Å². The molecule has 1 unspecified atom stereocenters. The lowest BCUT2D eigenvalue weighted by molar-refractivity contribution is -0.119. The molecule has 0 saturated carbocycles. The van der Waals surface area contributed by atoms with Gasteiger partial charge in [0.1, 0.15) is 5.75 Å². The Bertz CT molecular complexity index is 349. The van der Waals surface area contributed by atoms with Crippen molar-refractivity contribution in [3.63, 3.8) is 0 Å². The summed E-state index contributed by atoms with van der Waals surface area (Å²) in [6.07, 6.45) is 0.999. The highest BCUT2D eigenvalue weighted by molar-refractivity contribution is 5.79. The molecule has 4 nitrogen and oxygen atoms in total. The fourth-order valence-electron chi connectivity index (χ4n) is 1.29. The SMILES string of the molecule is CCCOc1ccc(CNC(C)C(N)=O)cc1. The number of rotatable bonds is 7. The van der Waals surface area contributed by atoms with Gasteiger partial charge in [0.2, 0.25) is 5.91 Å². The van der Waals surface area contributed by atoms with E-state index in [9.17, 15) is 4.79 Å². The van der Waals surface area contributed by atoms with Crippen LogP contribution >= 0.6 is 0 Å². The van der Waals surface area contributed by atoms with E-state index < -0.39 is 0 Å². The summed E-state index contributed by atoms with van der Waals surface area (Å²) < 4.78 is 5.48. The van der Waals surface area contributed by atoms with Crippen molar-refractivity contribution in [3.05, 3.63) is 29.8 Å². The topological polar surface area (TPSA) is 64.3 Å². The predicted octanol–water partition coefficient (Wildman–Crippen LogP) is 1.44. The molecule has 0 heterocycles. The lowest BCUT2D eigenvalue weighted by Crippen LogP contribution is -2.38. The first-order valence-corrected chi connectivity index (χ1v) is 5.88. The van der Waals surface area contributed by atoms with Crippen LogP contribution in [0.4, 0.5) is 0 Å². The zero-order valence-corrected chi connectivity index (χ0v) is 10.4. The Morgan fingerprint density at radius 1 is 1.41 bits per heavy atom. The Morgan fingerprint density at radius 3 is 2.59 bits per heavy atom. The largest absolute Gasteiger partial charge is 0.494 e. The van der Waals surface area contributed by atoms with Gasteiger partial charge in [-0.2, -0.15) is 0 Å². The number of hydrogen-bond acceptors (Lipinski definition) is 3. The van der Waals surface area contributed by atoms with Gasteiger partial charge in [-0.05, 0) is 31.0 Å². The summed E-state index contributed by atoms with van der Waals surface area (Å²) in [6.45, 7) is 5.18. The smallest absolute Gasteiger partial charge is 0.234 e. The molecule has 0 fully saturated rings. The molecule has 1 amide bonds. The van der Waals surface area contributed by atoms with E-state index in [-0.39, 0.29) is 11.9 Å². The lowest BCUT2D eigenvalue weighted by atomic mass is 10.2. The minimum absolute atomic E-state index is 0.314. The lowest BCUT2D eigenvalue weighted by Gasteiger charge is -2.10. The van der Waals surface area contributed by atoms with E-state index in [4.69, 9.17) is 10.5 Å². The first kappa shape index (κ1) is 13.5. The van der Waals surface area contributed by atoms with Crippen LogP contribution in [0.3, 0.4) is 0 Å². The van der Waals surface area contributed by atoms with Gasteiger partial charge in [-0.25, -0.2) is 0 Å².